The Morgan fingerprint density at radius 2 is 1.03 bits per heavy atom. The highest BCUT2D eigenvalue weighted by Gasteiger charge is 2.28. The maximum Gasteiger partial charge on any atom is 0.296 e. The summed E-state index contributed by atoms with van der Waals surface area (Å²) >= 11 is 0. The number of hydrogen-bond acceptors (Lipinski definition) is 20. The van der Waals surface area contributed by atoms with Gasteiger partial charge in [0.1, 0.15) is 48.1 Å². The first kappa shape index (κ1) is 44.4. The number of phenols is 2. The number of nitrogens with one attached hydrogen (secondary N) is 1. The van der Waals surface area contributed by atoms with Crippen molar-refractivity contribution >= 4 is 114 Å². The number of azo groups is 3. The van der Waals surface area contributed by atoms with Gasteiger partial charge in [0.15, 0.2) is 5.75 Å². The SMILES string of the molecule is Nc1ccc(S(=O)(=O)O)c(N=Nc2c(S(=O)(=O)O)cc3cc(S(=O)(=O)O)c(N=Nc4ccc(Nc5ccc(N=Nc6ccc(O)cc6N)cc5)c(S(=O)(=O)O)c4)c(N)c3c2O)c1. The highest BCUT2D eigenvalue weighted by Crippen LogP contribution is 2.48. The van der Waals surface area contributed by atoms with Gasteiger partial charge < -0.3 is 32.7 Å². The Bertz CT molecular complexity index is 3380. The summed E-state index contributed by atoms with van der Waals surface area (Å²) in [5, 5.41) is 45.2. The van der Waals surface area contributed by atoms with Crippen LogP contribution in [0, 0.1) is 0 Å². The zero-order chi connectivity index (χ0) is 45.5. The fraction of sp³-hybridized carbons (Fsp3) is 0. The number of rotatable bonds is 12. The second kappa shape index (κ2) is 16.4. The maximum atomic E-state index is 12.6. The van der Waals surface area contributed by atoms with Crippen molar-refractivity contribution in [2.45, 2.75) is 19.6 Å². The van der Waals surface area contributed by atoms with E-state index in [1.807, 2.05) is 0 Å². The Morgan fingerprint density at radius 1 is 0.484 bits per heavy atom. The zero-order valence-corrected chi connectivity index (χ0v) is 33.9. The van der Waals surface area contributed by atoms with E-state index in [0.717, 1.165) is 30.3 Å². The van der Waals surface area contributed by atoms with Crippen molar-refractivity contribution in [2.24, 2.45) is 30.7 Å². The van der Waals surface area contributed by atoms with E-state index >= 15 is 0 Å². The van der Waals surface area contributed by atoms with E-state index in [1.54, 1.807) is 0 Å². The summed E-state index contributed by atoms with van der Waals surface area (Å²) in [5.74, 6) is -1.27. The molecule has 0 radical (unpaired) electrons. The Morgan fingerprint density at radius 3 is 1.63 bits per heavy atom. The van der Waals surface area contributed by atoms with Crippen molar-refractivity contribution in [1.82, 2.24) is 0 Å². The number of aromatic hydroxyl groups is 2. The maximum absolute atomic E-state index is 12.6. The van der Waals surface area contributed by atoms with Crippen molar-refractivity contribution in [2.75, 3.05) is 22.5 Å². The molecule has 0 bridgehead atoms. The molecule has 322 valence electrons. The second-order valence-corrected chi connectivity index (χ2v) is 18.2. The summed E-state index contributed by atoms with van der Waals surface area (Å²) in [7, 11) is -20.7. The quantitative estimate of drug-likeness (QED) is 0.0336. The lowest BCUT2D eigenvalue weighted by atomic mass is 10.1. The molecular formula is C34H28N10O14S4. The van der Waals surface area contributed by atoms with Gasteiger partial charge in [-0.2, -0.15) is 43.9 Å². The second-order valence-electron chi connectivity index (χ2n) is 12.6. The first-order chi connectivity index (χ1) is 28.8. The van der Waals surface area contributed by atoms with Crippen LogP contribution in [-0.4, -0.2) is 62.1 Å². The molecule has 0 aromatic heterocycles. The molecule has 6 aromatic rings. The Kier molecular flexibility index (Phi) is 11.7. The standard InChI is InChI=1S/C34H28N10O14S4/c35-17-1-10-26(59(47,48)49)25(13-17)42-44-33-29(62(56,57)58)12-16-11-28(61(53,54)55)32(31(37)30(16)34(33)46)43-40-20-6-8-24(27(14-20)60(50,51)52)38-18-2-4-19(5-3-18)39-41-23-9-7-21(45)15-22(23)36/h1-15,38,45-46H,35-37H2,(H,47,48,49)(H,50,51,52)(H,53,54,55)(H,56,57,58). The molecule has 62 heavy (non-hydrogen) atoms. The number of phenolic OH excluding ortho intramolecular Hbond substituents is 2. The Hall–Kier alpha value is -7.18. The highest BCUT2D eigenvalue weighted by atomic mass is 32.2. The van der Waals surface area contributed by atoms with Crippen molar-refractivity contribution < 1.29 is 62.1 Å². The van der Waals surface area contributed by atoms with Crippen LogP contribution in [0.5, 0.6) is 11.5 Å². The predicted molar refractivity (Wildman–Crippen MR) is 221 cm³/mol. The molecule has 0 atom stereocenters. The fourth-order valence-corrected chi connectivity index (χ4v) is 8.15. The summed E-state index contributed by atoms with van der Waals surface area (Å²) in [6.45, 7) is 0. The average Bonchev–Trinajstić information content (AvgIpc) is 3.16. The summed E-state index contributed by atoms with van der Waals surface area (Å²) in [6.07, 6.45) is 0. The summed E-state index contributed by atoms with van der Waals surface area (Å²) < 4.78 is 139. The fourth-order valence-electron chi connectivity index (χ4n) is 5.55. The normalized spacial score (nSPS) is 12.8. The minimum Gasteiger partial charge on any atom is -0.508 e. The molecule has 13 N–H and O–H groups in total. The van der Waals surface area contributed by atoms with E-state index in [1.165, 1.54) is 48.5 Å². The van der Waals surface area contributed by atoms with Crippen LogP contribution in [0.15, 0.2) is 141 Å². The molecule has 6 aromatic carbocycles. The molecule has 0 aliphatic rings. The topological polar surface area (TPSA) is 422 Å². The smallest absolute Gasteiger partial charge is 0.296 e. The lowest BCUT2D eigenvalue weighted by Crippen LogP contribution is -2.04. The molecule has 0 aliphatic heterocycles. The summed E-state index contributed by atoms with van der Waals surface area (Å²) in [4.78, 5) is -3.94. The Balaban J connectivity index is 1.40. The average molecular weight is 929 g/mol. The van der Waals surface area contributed by atoms with Crippen LogP contribution in [0.25, 0.3) is 10.8 Å². The molecule has 0 fully saturated rings. The molecule has 0 saturated heterocycles. The number of nitrogens with zero attached hydrogens (tertiary/aromatic N) is 6. The molecule has 0 amide bonds. The number of benzene rings is 6. The minimum absolute atomic E-state index is 0.0586. The number of fused-ring (bicyclic) bond motifs is 1. The van der Waals surface area contributed by atoms with Gasteiger partial charge in [-0.1, -0.05) is 0 Å². The molecule has 24 nitrogen and oxygen atoms in total. The van der Waals surface area contributed by atoms with Crippen LogP contribution in [0.3, 0.4) is 0 Å². The number of nitrogen functional groups attached to an aromatic ring is 3. The summed E-state index contributed by atoms with van der Waals surface area (Å²) in [6, 6.07) is 17.2. The molecule has 0 spiro atoms. The third kappa shape index (κ3) is 9.72. The predicted octanol–water partition coefficient (Wildman–Crippen LogP) is 6.97. The third-order valence-electron chi connectivity index (χ3n) is 8.33. The monoisotopic (exact) mass is 928 g/mol. The highest BCUT2D eigenvalue weighted by molar-refractivity contribution is 7.86. The van der Waals surface area contributed by atoms with Crippen LogP contribution in [0.4, 0.5) is 62.6 Å². The van der Waals surface area contributed by atoms with Gasteiger partial charge in [-0.15, -0.1) is 20.5 Å². The van der Waals surface area contributed by atoms with Gasteiger partial charge in [-0.25, -0.2) is 0 Å². The van der Waals surface area contributed by atoms with Crippen LogP contribution in [0.1, 0.15) is 0 Å². The van der Waals surface area contributed by atoms with E-state index in [-0.39, 0.29) is 34.2 Å². The van der Waals surface area contributed by atoms with Crippen molar-refractivity contribution in [3.05, 3.63) is 91.0 Å². The van der Waals surface area contributed by atoms with Gasteiger partial charge in [-0.3, -0.25) is 18.2 Å². The molecule has 0 heterocycles. The van der Waals surface area contributed by atoms with Gasteiger partial charge in [0.25, 0.3) is 40.5 Å². The van der Waals surface area contributed by atoms with Crippen LogP contribution in [-0.2, 0) is 40.5 Å². The Labute approximate surface area is 349 Å². The van der Waals surface area contributed by atoms with Crippen LogP contribution < -0.4 is 22.5 Å². The molecular weight excluding hydrogens is 901 g/mol. The lowest BCUT2D eigenvalue weighted by molar-refractivity contribution is 0.472. The first-order valence-corrected chi connectivity index (χ1v) is 22.3. The van der Waals surface area contributed by atoms with E-state index in [4.69, 9.17) is 17.2 Å². The summed E-state index contributed by atoms with van der Waals surface area (Å²) in [5.41, 5.74) is 14.7. The van der Waals surface area contributed by atoms with Crippen LogP contribution >= 0.6 is 0 Å². The van der Waals surface area contributed by atoms with Gasteiger partial charge in [0.2, 0.25) is 0 Å². The number of anilines is 5. The molecule has 28 heteroatoms. The largest absolute Gasteiger partial charge is 0.508 e. The lowest BCUT2D eigenvalue weighted by Gasteiger charge is -2.14. The van der Waals surface area contributed by atoms with Crippen molar-refractivity contribution in [3.8, 4) is 11.5 Å². The van der Waals surface area contributed by atoms with E-state index in [9.17, 15) is 62.1 Å². The minimum atomic E-state index is -5.37. The van der Waals surface area contributed by atoms with Crippen molar-refractivity contribution in [1.29, 1.82) is 0 Å². The van der Waals surface area contributed by atoms with Gasteiger partial charge in [0, 0.05) is 17.4 Å². The molecule has 0 saturated carbocycles. The number of nitrogens with two attached hydrogens (primary N) is 3. The van der Waals surface area contributed by atoms with Gasteiger partial charge >= 0.3 is 0 Å². The molecule has 0 unspecified atom stereocenters. The van der Waals surface area contributed by atoms with E-state index < -0.39 is 99.3 Å². The van der Waals surface area contributed by atoms with Gasteiger partial charge in [-0.05, 0) is 90.3 Å². The van der Waals surface area contributed by atoms with Crippen LogP contribution in [0.2, 0.25) is 0 Å². The van der Waals surface area contributed by atoms with E-state index in [0.29, 0.717) is 23.5 Å². The molecule has 0 aliphatic carbocycles. The molecule has 6 rings (SSSR count). The van der Waals surface area contributed by atoms with E-state index in [2.05, 4.69) is 36.0 Å². The zero-order valence-electron chi connectivity index (χ0n) is 30.7. The third-order valence-corrected chi connectivity index (χ3v) is 11.9. The van der Waals surface area contributed by atoms with Gasteiger partial charge in [0.05, 0.1) is 33.8 Å². The number of hydrogen-bond donors (Lipinski definition) is 10. The first-order valence-electron chi connectivity index (χ1n) is 16.6. The van der Waals surface area contributed by atoms with Crippen molar-refractivity contribution in [3.63, 3.8) is 0 Å².